The van der Waals surface area contributed by atoms with Crippen molar-refractivity contribution in [3.63, 3.8) is 0 Å². The predicted octanol–water partition coefficient (Wildman–Crippen LogP) is 4.72. The van der Waals surface area contributed by atoms with Gasteiger partial charge in [-0.25, -0.2) is 19.3 Å². The SMILES string of the molecule is Cc1ccc(-c2nc(COC(=O)c3cnn4c(-c5ccccc5)ccnc34)co2)cc1. The summed E-state index contributed by atoms with van der Waals surface area (Å²) < 4.78 is 12.6. The zero-order valence-corrected chi connectivity index (χ0v) is 16.7. The largest absolute Gasteiger partial charge is 0.455 e. The van der Waals surface area contributed by atoms with Crippen molar-refractivity contribution < 1.29 is 13.9 Å². The molecule has 0 amide bonds. The molecule has 0 saturated heterocycles. The van der Waals surface area contributed by atoms with Crippen molar-refractivity contribution in [2.24, 2.45) is 0 Å². The highest BCUT2D eigenvalue weighted by Crippen LogP contribution is 2.22. The van der Waals surface area contributed by atoms with Gasteiger partial charge in [0.1, 0.15) is 24.1 Å². The lowest BCUT2D eigenvalue weighted by molar-refractivity contribution is 0.0470. The van der Waals surface area contributed by atoms with E-state index in [0.29, 0.717) is 22.8 Å². The normalized spacial score (nSPS) is 11.0. The molecule has 0 aliphatic heterocycles. The highest BCUT2D eigenvalue weighted by Gasteiger charge is 2.18. The lowest BCUT2D eigenvalue weighted by Crippen LogP contribution is -2.06. The number of benzene rings is 2. The van der Waals surface area contributed by atoms with E-state index >= 15 is 0 Å². The Hall–Kier alpha value is -4.26. The Morgan fingerprint density at radius 2 is 1.84 bits per heavy atom. The molecule has 2 aromatic carbocycles. The van der Waals surface area contributed by atoms with Gasteiger partial charge in [0, 0.05) is 17.3 Å². The van der Waals surface area contributed by atoms with Gasteiger partial charge >= 0.3 is 5.97 Å². The molecule has 0 N–H and O–H groups in total. The summed E-state index contributed by atoms with van der Waals surface area (Å²) >= 11 is 0. The van der Waals surface area contributed by atoms with Crippen molar-refractivity contribution >= 4 is 11.6 Å². The van der Waals surface area contributed by atoms with E-state index in [4.69, 9.17) is 9.15 Å². The highest BCUT2D eigenvalue weighted by molar-refractivity contribution is 5.95. The minimum atomic E-state index is -0.521. The monoisotopic (exact) mass is 410 g/mol. The van der Waals surface area contributed by atoms with E-state index in [-0.39, 0.29) is 6.61 Å². The number of carbonyl (C=O) groups excluding carboxylic acids is 1. The fourth-order valence-electron chi connectivity index (χ4n) is 3.28. The summed E-state index contributed by atoms with van der Waals surface area (Å²) in [6.45, 7) is 2.01. The number of carbonyl (C=O) groups is 1. The van der Waals surface area contributed by atoms with Crippen molar-refractivity contribution in [1.82, 2.24) is 19.6 Å². The Kier molecular flexibility index (Phi) is 4.76. The van der Waals surface area contributed by atoms with Crippen LogP contribution in [-0.2, 0) is 11.3 Å². The number of ether oxygens (including phenoxy) is 1. The number of hydrogen-bond donors (Lipinski definition) is 0. The molecule has 3 aromatic heterocycles. The molecule has 0 atom stereocenters. The number of aryl methyl sites for hydroxylation is 1. The molecule has 7 nitrogen and oxygen atoms in total. The van der Waals surface area contributed by atoms with Crippen molar-refractivity contribution in [2.75, 3.05) is 0 Å². The number of esters is 1. The summed E-state index contributed by atoms with van der Waals surface area (Å²) in [6, 6.07) is 19.5. The maximum atomic E-state index is 12.7. The van der Waals surface area contributed by atoms with Gasteiger partial charge in [0.05, 0.1) is 11.9 Å². The summed E-state index contributed by atoms with van der Waals surface area (Å²) in [5.41, 5.74) is 5.09. The minimum absolute atomic E-state index is 0.0100. The average Bonchev–Trinajstić information content (AvgIpc) is 3.46. The van der Waals surface area contributed by atoms with Crippen molar-refractivity contribution in [3.05, 3.63) is 96.1 Å². The summed E-state index contributed by atoms with van der Waals surface area (Å²) in [7, 11) is 0. The molecular weight excluding hydrogens is 392 g/mol. The number of fused-ring (bicyclic) bond motifs is 1. The van der Waals surface area contributed by atoms with Gasteiger partial charge in [-0.1, -0.05) is 48.0 Å². The van der Waals surface area contributed by atoms with Gasteiger partial charge < -0.3 is 9.15 Å². The van der Waals surface area contributed by atoms with Crippen LogP contribution >= 0.6 is 0 Å². The van der Waals surface area contributed by atoms with Crippen LogP contribution < -0.4 is 0 Å². The van der Waals surface area contributed by atoms with E-state index in [9.17, 15) is 4.79 Å². The summed E-state index contributed by atoms with van der Waals surface area (Å²) in [6.07, 6.45) is 4.61. The van der Waals surface area contributed by atoms with Crippen molar-refractivity contribution in [2.45, 2.75) is 13.5 Å². The molecule has 5 rings (SSSR count). The first-order valence-corrected chi connectivity index (χ1v) is 9.76. The molecule has 0 saturated carbocycles. The average molecular weight is 410 g/mol. The first kappa shape index (κ1) is 18.7. The van der Waals surface area contributed by atoms with E-state index < -0.39 is 5.97 Å². The molecule has 0 spiro atoms. The lowest BCUT2D eigenvalue weighted by Gasteiger charge is -2.05. The molecule has 152 valence electrons. The van der Waals surface area contributed by atoms with E-state index in [1.807, 2.05) is 67.6 Å². The third-order valence-electron chi connectivity index (χ3n) is 4.89. The van der Waals surface area contributed by atoms with E-state index in [1.165, 1.54) is 12.5 Å². The Bertz CT molecular complexity index is 1350. The summed E-state index contributed by atoms with van der Waals surface area (Å²) in [4.78, 5) is 21.4. The molecule has 0 unspecified atom stereocenters. The van der Waals surface area contributed by atoms with Gasteiger partial charge in [-0.05, 0) is 25.1 Å². The maximum Gasteiger partial charge on any atom is 0.344 e. The smallest absolute Gasteiger partial charge is 0.344 e. The molecule has 0 radical (unpaired) electrons. The quantitative estimate of drug-likeness (QED) is 0.390. The van der Waals surface area contributed by atoms with E-state index in [2.05, 4.69) is 15.1 Å². The zero-order chi connectivity index (χ0) is 21.2. The molecule has 0 bridgehead atoms. The number of rotatable bonds is 5. The molecular formula is C24H18N4O3. The summed E-state index contributed by atoms with van der Waals surface area (Å²) in [5, 5.41) is 4.34. The highest BCUT2D eigenvalue weighted by atomic mass is 16.5. The van der Waals surface area contributed by atoms with Crippen molar-refractivity contribution in [1.29, 1.82) is 0 Å². The first-order valence-electron chi connectivity index (χ1n) is 9.76. The maximum absolute atomic E-state index is 12.7. The first-order chi connectivity index (χ1) is 15.2. The van der Waals surface area contributed by atoms with Crippen LogP contribution in [0.5, 0.6) is 0 Å². The van der Waals surface area contributed by atoms with Crippen LogP contribution in [0.2, 0.25) is 0 Å². The van der Waals surface area contributed by atoms with Gasteiger partial charge in [0.25, 0.3) is 0 Å². The van der Waals surface area contributed by atoms with Gasteiger partial charge in [0.15, 0.2) is 5.65 Å². The molecule has 5 aromatic rings. The van der Waals surface area contributed by atoms with Crippen LogP contribution in [0, 0.1) is 6.92 Å². The van der Waals surface area contributed by atoms with Gasteiger partial charge in [-0.2, -0.15) is 5.10 Å². The second kappa shape index (κ2) is 7.87. The van der Waals surface area contributed by atoms with Crippen LogP contribution in [0.15, 0.2) is 83.7 Å². The molecule has 0 aliphatic carbocycles. The van der Waals surface area contributed by atoms with Crippen molar-refractivity contribution in [3.8, 4) is 22.7 Å². The second-order valence-electron chi connectivity index (χ2n) is 7.08. The standard InChI is InChI=1S/C24H18N4O3/c1-16-7-9-18(10-8-16)23-27-19(14-30-23)15-31-24(29)20-13-26-28-21(11-12-25-22(20)28)17-5-3-2-4-6-17/h2-14H,15H2,1H3. The van der Waals surface area contributed by atoms with Crippen LogP contribution in [0.25, 0.3) is 28.4 Å². The van der Waals surface area contributed by atoms with Crippen LogP contribution in [0.3, 0.4) is 0 Å². The second-order valence-corrected chi connectivity index (χ2v) is 7.08. The van der Waals surface area contributed by atoms with Gasteiger partial charge in [-0.3, -0.25) is 0 Å². The van der Waals surface area contributed by atoms with Crippen LogP contribution in [0.4, 0.5) is 0 Å². The third kappa shape index (κ3) is 3.69. The number of aromatic nitrogens is 4. The fourth-order valence-corrected chi connectivity index (χ4v) is 3.28. The minimum Gasteiger partial charge on any atom is -0.455 e. The van der Waals surface area contributed by atoms with Crippen LogP contribution in [0.1, 0.15) is 21.6 Å². The Morgan fingerprint density at radius 1 is 1.03 bits per heavy atom. The molecule has 0 fully saturated rings. The van der Waals surface area contributed by atoms with Gasteiger partial charge in [0.2, 0.25) is 5.89 Å². The molecule has 0 aliphatic rings. The Labute approximate surface area is 178 Å². The van der Waals surface area contributed by atoms with E-state index in [1.54, 1.807) is 10.7 Å². The summed E-state index contributed by atoms with van der Waals surface area (Å²) in [5.74, 6) is -0.0381. The lowest BCUT2D eigenvalue weighted by atomic mass is 10.1. The number of oxazole rings is 1. The fraction of sp³-hybridized carbons (Fsp3) is 0.0833. The molecule has 3 heterocycles. The Balaban J connectivity index is 1.34. The van der Waals surface area contributed by atoms with Crippen LogP contribution in [-0.4, -0.2) is 25.6 Å². The van der Waals surface area contributed by atoms with Gasteiger partial charge in [-0.15, -0.1) is 0 Å². The van der Waals surface area contributed by atoms with E-state index in [0.717, 1.165) is 22.4 Å². The topological polar surface area (TPSA) is 82.5 Å². The number of nitrogens with zero attached hydrogens (tertiary/aromatic N) is 4. The predicted molar refractivity (Wildman–Crippen MR) is 114 cm³/mol. The zero-order valence-electron chi connectivity index (χ0n) is 16.7. The molecule has 31 heavy (non-hydrogen) atoms. The molecule has 7 heteroatoms. The Morgan fingerprint density at radius 3 is 2.65 bits per heavy atom. The third-order valence-corrected chi connectivity index (χ3v) is 4.89. The number of hydrogen-bond acceptors (Lipinski definition) is 6.